The molecular weight excluding hydrogens is 434 g/mol. The second-order valence-corrected chi connectivity index (χ2v) is 6.75. The highest BCUT2D eigenvalue weighted by atomic mass is 79.9. The maximum absolute atomic E-state index is 8.72. The van der Waals surface area contributed by atoms with E-state index >= 15 is 0 Å². The van der Waals surface area contributed by atoms with Crippen molar-refractivity contribution in [2.24, 2.45) is 10.2 Å². The molecule has 2 N–H and O–H groups in total. The van der Waals surface area contributed by atoms with Gasteiger partial charge in [0.25, 0.3) is 0 Å². The molecule has 5 nitrogen and oxygen atoms in total. The first kappa shape index (κ1) is 18.4. The predicted octanol–water partition coefficient (Wildman–Crippen LogP) is 5.95. The number of nitriles is 1. The molecule has 0 aliphatic carbocycles. The van der Waals surface area contributed by atoms with Crippen LogP contribution in [0.25, 0.3) is 0 Å². The first-order valence-electron chi connectivity index (χ1n) is 7.43. The van der Waals surface area contributed by atoms with Gasteiger partial charge in [-0.15, -0.1) is 5.11 Å². The molecule has 2 rings (SSSR count). The summed E-state index contributed by atoms with van der Waals surface area (Å²) in [4.78, 5) is 2.15. The Labute approximate surface area is 158 Å². The highest BCUT2D eigenvalue weighted by Crippen LogP contribution is 2.36. The number of anilines is 2. The lowest BCUT2D eigenvalue weighted by Crippen LogP contribution is -2.23. The minimum atomic E-state index is 0.508. The third-order valence-electron chi connectivity index (χ3n) is 3.39. The monoisotopic (exact) mass is 449 g/mol. The molecule has 0 bridgehead atoms. The first-order valence-corrected chi connectivity index (χ1v) is 9.02. The molecule has 0 atom stereocenters. The second kappa shape index (κ2) is 8.81. The van der Waals surface area contributed by atoms with E-state index in [0.717, 1.165) is 33.4 Å². The van der Waals surface area contributed by atoms with E-state index in [0.29, 0.717) is 17.8 Å². The second-order valence-electron chi connectivity index (χ2n) is 5.04. The van der Waals surface area contributed by atoms with Crippen LogP contribution in [-0.2, 0) is 0 Å². The van der Waals surface area contributed by atoms with E-state index in [1.165, 1.54) is 0 Å². The van der Waals surface area contributed by atoms with Gasteiger partial charge in [-0.05, 0) is 75.2 Å². The van der Waals surface area contributed by atoms with Gasteiger partial charge in [-0.1, -0.05) is 0 Å². The lowest BCUT2D eigenvalue weighted by atomic mass is 10.2. The number of halogens is 2. The van der Waals surface area contributed by atoms with E-state index in [4.69, 9.17) is 11.0 Å². The van der Waals surface area contributed by atoms with Crippen LogP contribution in [0.5, 0.6) is 0 Å². The van der Waals surface area contributed by atoms with E-state index in [1.54, 1.807) is 12.1 Å². The molecule has 0 heterocycles. The van der Waals surface area contributed by atoms with E-state index in [2.05, 4.69) is 60.0 Å². The SMILES string of the molecule is CCN(CCC#N)c1ccc(N=Nc2c(Br)cc(N)cc2Br)cc1. The Hall–Kier alpha value is -1.91. The summed E-state index contributed by atoms with van der Waals surface area (Å²) in [5, 5.41) is 17.3. The van der Waals surface area contributed by atoms with E-state index < -0.39 is 0 Å². The number of nitrogen functional groups attached to an aromatic ring is 1. The van der Waals surface area contributed by atoms with Crippen LogP contribution in [0.15, 0.2) is 55.6 Å². The minimum Gasteiger partial charge on any atom is -0.399 e. The van der Waals surface area contributed by atoms with Crippen molar-refractivity contribution in [2.75, 3.05) is 23.7 Å². The van der Waals surface area contributed by atoms with Gasteiger partial charge in [0.05, 0.1) is 18.2 Å². The van der Waals surface area contributed by atoms with Gasteiger partial charge < -0.3 is 10.6 Å². The summed E-state index contributed by atoms with van der Waals surface area (Å²) in [6.45, 7) is 3.65. The summed E-state index contributed by atoms with van der Waals surface area (Å²) in [7, 11) is 0. The largest absolute Gasteiger partial charge is 0.399 e. The molecule has 0 spiro atoms. The number of rotatable bonds is 6. The Kier molecular flexibility index (Phi) is 6.76. The van der Waals surface area contributed by atoms with Crippen molar-refractivity contribution in [3.05, 3.63) is 45.3 Å². The van der Waals surface area contributed by atoms with Gasteiger partial charge in [-0.3, -0.25) is 0 Å². The quantitative estimate of drug-likeness (QED) is 0.436. The molecule has 2 aromatic carbocycles. The topological polar surface area (TPSA) is 77.8 Å². The number of hydrogen-bond acceptors (Lipinski definition) is 5. The highest BCUT2D eigenvalue weighted by molar-refractivity contribution is 9.11. The van der Waals surface area contributed by atoms with Crippen molar-refractivity contribution in [2.45, 2.75) is 13.3 Å². The molecule has 0 radical (unpaired) electrons. The third kappa shape index (κ3) is 4.79. The number of nitrogens with zero attached hydrogens (tertiary/aromatic N) is 4. The fourth-order valence-electron chi connectivity index (χ4n) is 2.17. The predicted molar refractivity (Wildman–Crippen MR) is 105 cm³/mol. The van der Waals surface area contributed by atoms with Gasteiger partial charge in [-0.2, -0.15) is 10.4 Å². The van der Waals surface area contributed by atoms with E-state index in [-0.39, 0.29) is 0 Å². The van der Waals surface area contributed by atoms with Crippen LogP contribution in [0.4, 0.5) is 22.7 Å². The molecule has 0 aliphatic heterocycles. The van der Waals surface area contributed by atoms with Crippen molar-refractivity contribution in [3.63, 3.8) is 0 Å². The van der Waals surface area contributed by atoms with E-state index in [1.807, 2.05) is 24.3 Å². The van der Waals surface area contributed by atoms with Crippen LogP contribution >= 0.6 is 31.9 Å². The molecule has 2 aromatic rings. The molecule has 7 heteroatoms. The average molecular weight is 451 g/mol. The Bertz CT molecular complexity index is 743. The van der Waals surface area contributed by atoms with Gasteiger partial charge in [0.2, 0.25) is 0 Å². The van der Waals surface area contributed by atoms with Crippen molar-refractivity contribution < 1.29 is 0 Å². The molecule has 0 saturated heterocycles. The molecular formula is C17H17Br2N5. The summed E-state index contributed by atoms with van der Waals surface area (Å²) in [6.07, 6.45) is 0.508. The number of azo groups is 1. The van der Waals surface area contributed by atoms with Gasteiger partial charge in [0.15, 0.2) is 0 Å². The molecule has 0 unspecified atom stereocenters. The molecule has 0 amide bonds. The number of hydrogen-bond donors (Lipinski definition) is 1. The van der Waals surface area contributed by atoms with Crippen LogP contribution in [0, 0.1) is 11.3 Å². The first-order chi connectivity index (χ1) is 11.5. The van der Waals surface area contributed by atoms with E-state index in [9.17, 15) is 0 Å². The van der Waals surface area contributed by atoms with Crippen molar-refractivity contribution in [1.82, 2.24) is 0 Å². The van der Waals surface area contributed by atoms with Crippen molar-refractivity contribution >= 4 is 54.6 Å². The third-order valence-corrected chi connectivity index (χ3v) is 4.60. The molecule has 0 saturated carbocycles. The van der Waals surface area contributed by atoms with Crippen LogP contribution < -0.4 is 10.6 Å². The van der Waals surface area contributed by atoms with Gasteiger partial charge in [0.1, 0.15) is 5.69 Å². The van der Waals surface area contributed by atoms with Crippen molar-refractivity contribution in [3.8, 4) is 6.07 Å². The normalized spacial score (nSPS) is 10.8. The van der Waals surface area contributed by atoms with Crippen LogP contribution in [0.3, 0.4) is 0 Å². The molecule has 0 aromatic heterocycles. The summed E-state index contributed by atoms with van der Waals surface area (Å²) in [5.41, 5.74) is 8.94. The van der Waals surface area contributed by atoms with Crippen molar-refractivity contribution in [1.29, 1.82) is 5.26 Å². The van der Waals surface area contributed by atoms with Gasteiger partial charge in [0, 0.05) is 33.4 Å². The van der Waals surface area contributed by atoms with Crippen LogP contribution in [0.1, 0.15) is 13.3 Å². The molecule has 24 heavy (non-hydrogen) atoms. The van der Waals surface area contributed by atoms with Gasteiger partial charge in [-0.25, -0.2) is 0 Å². The Balaban J connectivity index is 2.16. The maximum Gasteiger partial charge on any atom is 0.114 e. The maximum atomic E-state index is 8.72. The fraction of sp³-hybridized carbons (Fsp3) is 0.235. The standard InChI is InChI=1S/C17H17Br2N5/c1-2-24(9-3-8-20)14-6-4-13(5-7-14)22-23-17-15(18)10-12(21)11-16(17)19/h4-7,10-11H,2-3,9,21H2,1H3. The summed E-state index contributed by atoms with van der Waals surface area (Å²) < 4.78 is 1.56. The number of benzene rings is 2. The molecule has 124 valence electrons. The molecule has 0 fully saturated rings. The summed E-state index contributed by atoms with van der Waals surface area (Å²) >= 11 is 6.88. The highest BCUT2D eigenvalue weighted by Gasteiger charge is 2.06. The average Bonchev–Trinajstić information content (AvgIpc) is 2.55. The smallest absolute Gasteiger partial charge is 0.114 e. The minimum absolute atomic E-state index is 0.508. The Morgan fingerprint density at radius 2 is 1.75 bits per heavy atom. The zero-order valence-corrected chi connectivity index (χ0v) is 16.4. The molecule has 0 aliphatic rings. The number of nitrogens with two attached hydrogens (primary N) is 1. The lowest BCUT2D eigenvalue weighted by molar-refractivity contribution is 0.827. The van der Waals surface area contributed by atoms with Crippen LogP contribution in [0.2, 0.25) is 0 Å². The zero-order valence-electron chi connectivity index (χ0n) is 13.2. The Morgan fingerprint density at radius 3 is 2.29 bits per heavy atom. The fourth-order valence-corrected chi connectivity index (χ4v) is 3.55. The lowest BCUT2D eigenvalue weighted by Gasteiger charge is -2.21. The Morgan fingerprint density at radius 1 is 1.12 bits per heavy atom. The van der Waals surface area contributed by atoms with Gasteiger partial charge >= 0.3 is 0 Å². The van der Waals surface area contributed by atoms with Crippen LogP contribution in [-0.4, -0.2) is 13.1 Å². The summed E-state index contributed by atoms with van der Waals surface area (Å²) in [5.74, 6) is 0. The summed E-state index contributed by atoms with van der Waals surface area (Å²) in [6, 6.07) is 13.5. The zero-order chi connectivity index (χ0) is 17.5.